The van der Waals surface area contributed by atoms with Crippen molar-refractivity contribution in [3.05, 3.63) is 29.6 Å². The number of carbonyl (C=O) groups is 2. The topological polar surface area (TPSA) is 70.5 Å². The second-order valence-electron chi connectivity index (χ2n) is 5.56. The molecule has 1 aromatic rings. The van der Waals surface area contributed by atoms with E-state index in [1.165, 1.54) is 25.3 Å². The average Bonchev–Trinajstić information content (AvgIpc) is 2.36. The first kappa shape index (κ1) is 14.5. The van der Waals surface area contributed by atoms with Gasteiger partial charge in [-0.3, -0.25) is 4.79 Å². The zero-order chi connectivity index (χ0) is 14.7. The molecule has 0 unspecified atom stereocenters. The molecule has 1 N–H and O–H groups in total. The minimum absolute atomic E-state index is 0.0818. The Morgan fingerprint density at radius 2 is 2.00 bits per heavy atom. The normalized spacial score (nSPS) is 14.9. The molecular weight excluding hydrogens is 256 g/mol. The molecule has 20 heavy (non-hydrogen) atoms. The minimum atomic E-state index is -1.12. The van der Waals surface area contributed by atoms with Crippen LogP contribution in [0, 0.1) is 5.92 Å². The van der Waals surface area contributed by atoms with Crippen molar-refractivity contribution in [1.82, 2.24) is 9.88 Å². The number of hydrogen-bond donors (Lipinski definition) is 1. The standard InChI is InChI=1S/C15H20N2O3/c1-10(2)17(9-11-5-3-6-11)14(18)12-7-4-8-13(16-12)15(19)20/h4,7-8,10-11H,3,5-6,9H2,1-2H3,(H,19,20). The quantitative estimate of drug-likeness (QED) is 0.896. The van der Waals surface area contributed by atoms with Crippen LogP contribution in [0.5, 0.6) is 0 Å². The van der Waals surface area contributed by atoms with E-state index in [9.17, 15) is 9.59 Å². The van der Waals surface area contributed by atoms with Gasteiger partial charge in [0.15, 0.2) is 0 Å². The largest absolute Gasteiger partial charge is 0.477 e. The molecule has 5 heteroatoms. The summed E-state index contributed by atoms with van der Waals surface area (Å²) in [5.41, 5.74) is 0.112. The van der Waals surface area contributed by atoms with E-state index in [1.807, 2.05) is 13.8 Å². The van der Waals surface area contributed by atoms with Crippen molar-refractivity contribution in [3.63, 3.8) is 0 Å². The molecule has 1 amide bonds. The number of nitrogens with zero attached hydrogens (tertiary/aromatic N) is 2. The molecular formula is C15H20N2O3. The van der Waals surface area contributed by atoms with Gasteiger partial charge in [0.25, 0.3) is 5.91 Å². The van der Waals surface area contributed by atoms with Crippen molar-refractivity contribution in [3.8, 4) is 0 Å². The summed E-state index contributed by atoms with van der Waals surface area (Å²) in [6.45, 7) is 4.67. The molecule has 1 fully saturated rings. The lowest BCUT2D eigenvalue weighted by atomic mass is 9.85. The predicted molar refractivity (Wildman–Crippen MR) is 74.7 cm³/mol. The summed E-state index contributed by atoms with van der Waals surface area (Å²) in [5.74, 6) is -0.728. The summed E-state index contributed by atoms with van der Waals surface area (Å²) < 4.78 is 0. The fraction of sp³-hybridized carbons (Fsp3) is 0.533. The molecule has 1 aromatic heterocycles. The lowest BCUT2D eigenvalue weighted by molar-refractivity contribution is 0.0626. The molecule has 0 atom stereocenters. The van der Waals surface area contributed by atoms with Gasteiger partial charge in [0.2, 0.25) is 0 Å². The van der Waals surface area contributed by atoms with Gasteiger partial charge < -0.3 is 10.0 Å². The number of hydrogen-bond acceptors (Lipinski definition) is 3. The Morgan fingerprint density at radius 1 is 1.35 bits per heavy atom. The second-order valence-corrected chi connectivity index (χ2v) is 5.56. The van der Waals surface area contributed by atoms with Crippen LogP contribution in [0.25, 0.3) is 0 Å². The molecule has 0 bridgehead atoms. The van der Waals surface area contributed by atoms with Crippen LogP contribution in [-0.2, 0) is 0 Å². The SMILES string of the molecule is CC(C)N(CC1CCC1)C(=O)c1cccc(C(=O)O)n1. The number of carboxylic acids is 1. The van der Waals surface area contributed by atoms with Crippen LogP contribution in [0.3, 0.4) is 0 Å². The van der Waals surface area contributed by atoms with Crippen LogP contribution in [-0.4, -0.2) is 39.5 Å². The Balaban J connectivity index is 2.17. The van der Waals surface area contributed by atoms with Crippen molar-refractivity contribution in [2.75, 3.05) is 6.54 Å². The first-order chi connectivity index (χ1) is 9.49. The fourth-order valence-electron chi connectivity index (χ4n) is 2.30. The zero-order valence-corrected chi connectivity index (χ0v) is 11.9. The lowest BCUT2D eigenvalue weighted by Gasteiger charge is -2.34. The molecule has 0 aliphatic heterocycles. The highest BCUT2D eigenvalue weighted by molar-refractivity contribution is 5.94. The molecule has 0 radical (unpaired) electrons. The molecule has 1 heterocycles. The van der Waals surface area contributed by atoms with E-state index in [4.69, 9.17) is 5.11 Å². The van der Waals surface area contributed by atoms with Gasteiger partial charge in [-0.2, -0.15) is 0 Å². The van der Waals surface area contributed by atoms with Crippen LogP contribution in [0.2, 0.25) is 0 Å². The molecule has 1 saturated carbocycles. The summed E-state index contributed by atoms with van der Waals surface area (Å²) in [6.07, 6.45) is 3.57. The Morgan fingerprint density at radius 3 is 2.50 bits per heavy atom. The average molecular weight is 276 g/mol. The maximum Gasteiger partial charge on any atom is 0.354 e. The Hall–Kier alpha value is -1.91. The van der Waals surface area contributed by atoms with Crippen LogP contribution in [0.4, 0.5) is 0 Å². The fourth-order valence-corrected chi connectivity index (χ4v) is 2.30. The Bertz CT molecular complexity index is 510. The first-order valence-electron chi connectivity index (χ1n) is 7.00. The molecule has 0 spiro atoms. The molecule has 2 rings (SSSR count). The van der Waals surface area contributed by atoms with Gasteiger partial charge in [0.05, 0.1) is 0 Å². The molecule has 5 nitrogen and oxygen atoms in total. The van der Waals surface area contributed by atoms with E-state index in [0.29, 0.717) is 5.92 Å². The van der Waals surface area contributed by atoms with Crippen molar-refractivity contribution in [2.24, 2.45) is 5.92 Å². The van der Waals surface area contributed by atoms with E-state index in [-0.39, 0.29) is 23.3 Å². The number of carboxylic acid groups (broad SMARTS) is 1. The van der Waals surface area contributed by atoms with Crippen molar-refractivity contribution >= 4 is 11.9 Å². The Kier molecular flexibility index (Phi) is 4.37. The van der Waals surface area contributed by atoms with Crippen molar-refractivity contribution < 1.29 is 14.7 Å². The molecule has 0 saturated heterocycles. The van der Waals surface area contributed by atoms with Gasteiger partial charge in [-0.25, -0.2) is 9.78 Å². The third-order valence-electron chi connectivity index (χ3n) is 3.75. The second kappa shape index (κ2) is 6.03. The van der Waals surface area contributed by atoms with Gasteiger partial charge in [-0.1, -0.05) is 12.5 Å². The van der Waals surface area contributed by atoms with E-state index < -0.39 is 5.97 Å². The molecule has 1 aliphatic rings. The van der Waals surface area contributed by atoms with Gasteiger partial charge in [-0.15, -0.1) is 0 Å². The smallest absolute Gasteiger partial charge is 0.354 e. The number of rotatable bonds is 5. The number of amides is 1. The number of carbonyl (C=O) groups excluding carboxylic acids is 1. The molecule has 108 valence electrons. The van der Waals surface area contributed by atoms with Crippen LogP contribution in [0.1, 0.15) is 54.1 Å². The van der Waals surface area contributed by atoms with Crippen molar-refractivity contribution in [1.29, 1.82) is 0 Å². The zero-order valence-electron chi connectivity index (χ0n) is 11.9. The van der Waals surface area contributed by atoms with E-state index in [1.54, 1.807) is 17.0 Å². The van der Waals surface area contributed by atoms with Crippen molar-refractivity contribution in [2.45, 2.75) is 39.2 Å². The maximum atomic E-state index is 12.5. The highest BCUT2D eigenvalue weighted by atomic mass is 16.4. The molecule has 0 aromatic carbocycles. The van der Waals surface area contributed by atoms with Gasteiger partial charge in [-0.05, 0) is 44.7 Å². The van der Waals surface area contributed by atoms with Crippen LogP contribution >= 0.6 is 0 Å². The maximum absolute atomic E-state index is 12.5. The Labute approximate surface area is 118 Å². The minimum Gasteiger partial charge on any atom is -0.477 e. The summed E-state index contributed by atoms with van der Waals surface area (Å²) in [6, 6.07) is 4.61. The van der Waals surface area contributed by atoms with Crippen LogP contribution < -0.4 is 0 Å². The van der Waals surface area contributed by atoms with Gasteiger partial charge >= 0.3 is 5.97 Å². The summed E-state index contributed by atoms with van der Waals surface area (Å²) in [7, 11) is 0. The number of aromatic nitrogens is 1. The lowest BCUT2D eigenvalue weighted by Crippen LogP contribution is -2.42. The third kappa shape index (κ3) is 3.15. The van der Waals surface area contributed by atoms with E-state index in [2.05, 4.69) is 4.98 Å². The predicted octanol–water partition coefficient (Wildman–Crippen LogP) is 2.43. The highest BCUT2D eigenvalue weighted by Crippen LogP contribution is 2.28. The molecule has 1 aliphatic carbocycles. The summed E-state index contributed by atoms with van der Waals surface area (Å²) in [4.78, 5) is 29.2. The highest BCUT2D eigenvalue weighted by Gasteiger charge is 2.27. The van der Waals surface area contributed by atoms with Gasteiger partial charge in [0, 0.05) is 12.6 Å². The number of pyridine rings is 1. The van der Waals surface area contributed by atoms with E-state index >= 15 is 0 Å². The number of aromatic carboxylic acids is 1. The van der Waals surface area contributed by atoms with Crippen LogP contribution in [0.15, 0.2) is 18.2 Å². The summed E-state index contributed by atoms with van der Waals surface area (Å²) >= 11 is 0. The summed E-state index contributed by atoms with van der Waals surface area (Å²) in [5, 5.41) is 8.94. The van der Waals surface area contributed by atoms with E-state index in [0.717, 1.165) is 6.54 Å². The third-order valence-corrected chi connectivity index (χ3v) is 3.75. The monoisotopic (exact) mass is 276 g/mol. The van der Waals surface area contributed by atoms with Gasteiger partial charge in [0.1, 0.15) is 11.4 Å². The first-order valence-corrected chi connectivity index (χ1v) is 7.00.